The average Bonchev–Trinajstić information content (AvgIpc) is 2.70. The monoisotopic (exact) mass is 368 g/mol. The van der Waals surface area contributed by atoms with Gasteiger partial charge in [0.1, 0.15) is 11.6 Å². The van der Waals surface area contributed by atoms with E-state index in [0.717, 1.165) is 49.3 Å². The molecule has 4 rings (SSSR count). The van der Waals surface area contributed by atoms with Crippen LogP contribution in [0.25, 0.3) is 0 Å². The van der Waals surface area contributed by atoms with Crippen LogP contribution in [0.3, 0.4) is 0 Å². The van der Waals surface area contributed by atoms with E-state index in [1.54, 1.807) is 12.3 Å². The van der Waals surface area contributed by atoms with Crippen LogP contribution in [-0.4, -0.2) is 42.4 Å². The number of phenolic OH excluding ortho intramolecular Hbond substituents is 1. The molecule has 1 aromatic heterocycles. The van der Waals surface area contributed by atoms with Crippen molar-refractivity contribution in [2.24, 2.45) is 0 Å². The van der Waals surface area contributed by atoms with E-state index in [1.807, 2.05) is 24.3 Å². The van der Waals surface area contributed by atoms with E-state index in [9.17, 15) is 9.90 Å². The smallest absolute Gasteiger partial charge is 0.319 e. The van der Waals surface area contributed by atoms with Gasteiger partial charge in [-0.05, 0) is 48.6 Å². The van der Waals surface area contributed by atoms with Gasteiger partial charge < -0.3 is 25.4 Å². The molecule has 3 N–H and O–H groups in total. The number of carbonyl (C=O) groups excluding carboxylic acids is 1. The lowest BCUT2D eigenvalue weighted by molar-refractivity contribution is 0.122. The highest BCUT2D eigenvalue weighted by molar-refractivity contribution is 5.89. The van der Waals surface area contributed by atoms with Crippen molar-refractivity contribution in [3.8, 4) is 5.75 Å². The first-order chi connectivity index (χ1) is 13.2. The molecule has 1 atom stereocenters. The van der Waals surface area contributed by atoms with Crippen molar-refractivity contribution in [3.05, 3.63) is 47.7 Å². The summed E-state index contributed by atoms with van der Waals surface area (Å²) in [5, 5.41) is 15.9. The van der Waals surface area contributed by atoms with Crippen molar-refractivity contribution in [1.29, 1.82) is 0 Å². The van der Waals surface area contributed by atoms with Gasteiger partial charge in [-0.3, -0.25) is 0 Å². The van der Waals surface area contributed by atoms with Crippen molar-refractivity contribution in [2.75, 3.05) is 36.5 Å². The van der Waals surface area contributed by atoms with Gasteiger partial charge in [-0.15, -0.1) is 0 Å². The quantitative estimate of drug-likeness (QED) is 0.776. The number of ether oxygens (including phenoxy) is 1. The molecule has 0 radical (unpaired) electrons. The number of anilines is 2. The van der Waals surface area contributed by atoms with E-state index in [4.69, 9.17) is 4.74 Å². The molecule has 0 spiro atoms. The summed E-state index contributed by atoms with van der Waals surface area (Å²) in [6.07, 6.45) is 4.31. The third-order valence-corrected chi connectivity index (χ3v) is 5.13. The molecule has 1 aliphatic carbocycles. The minimum absolute atomic E-state index is 0.0959. The van der Waals surface area contributed by atoms with E-state index in [0.29, 0.717) is 24.7 Å². The van der Waals surface area contributed by atoms with E-state index in [1.165, 1.54) is 0 Å². The second-order valence-corrected chi connectivity index (χ2v) is 6.89. The number of urea groups is 1. The maximum absolute atomic E-state index is 12.4. The fourth-order valence-corrected chi connectivity index (χ4v) is 3.74. The van der Waals surface area contributed by atoms with Gasteiger partial charge in [0.25, 0.3) is 0 Å². The Hall–Kier alpha value is -2.80. The second kappa shape index (κ2) is 7.84. The summed E-state index contributed by atoms with van der Waals surface area (Å²) >= 11 is 0. The van der Waals surface area contributed by atoms with Gasteiger partial charge in [-0.1, -0.05) is 12.1 Å². The Bertz CT molecular complexity index is 803. The van der Waals surface area contributed by atoms with Crippen LogP contribution >= 0.6 is 0 Å². The van der Waals surface area contributed by atoms with Gasteiger partial charge in [0.05, 0.1) is 31.1 Å². The van der Waals surface area contributed by atoms with Crippen LogP contribution in [0.15, 0.2) is 36.5 Å². The van der Waals surface area contributed by atoms with Gasteiger partial charge in [0, 0.05) is 13.1 Å². The second-order valence-electron chi connectivity index (χ2n) is 6.89. The van der Waals surface area contributed by atoms with E-state index in [-0.39, 0.29) is 12.1 Å². The normalized spacial score (nSPS) is 19.3. The highest BCUT2D eigenvalue weighted by atomic mass is 16.5. The lowest BCUT2D eigenvalue weighted by Crippen LogP contribution is -2.36. The number of hydrogen-bond donors (Lipinski definition) is 3. The molecule has 7 heteroatoms. The van der Waals surface area contributed by atoms with E-state index in [2.05, 4.69) is 20.5 Å². The van der Waals surface area contributed by atoms with Crippen LogP contribution in [-0.2, 0) is 11.2 Å². The number of benzene rings is 1. The molecule has 1 fully saturated rings. The lowest BCUT2D eigenvalue weighted by atomic mass is 9.87. The Morgan fingerprint density at radius 3 is 2.85 bits per heavy atom. The molecular weight excluding hydrogens is 344 g/mol. The predicted octanol–water partition coefficient (Wildman–Crippen LogP) is 2.82. The first-order valence-electron chi connectivity index (χ1n) is 9.38. The Morgan fingerprint density at radius 2 is 2.07 bits per heavy atom. The van der Waals surface area contributed by atoms with Crippen molar-refractivity contribution < 1.29 is 14.6 Å². The van der Waals surface area contributed by atoms with Crippen molar-refractivity contribution in [2.45, 2.75) is 25.3 Å². The largest absolute Gasteiger partial charge is 0.508 e. The molecule has 1 aromatic carbocycles. The maximum Gasteiger partial charge on any atom is 0.319 e. The molecule has 27 heavy (non-hydrogen) atoms. The van der Waals surface area contributed by atoms with Crippen LogP contribution in [0.2, 0.25) is 0 Å². The van der Waals surface area contributed by atoms with E-state index < -0.39 is 0 Å². The summed E-state index contributed by atoms with van der Waals surface area (Å²) in [4.78, 5) is 19.0. The zero-order chi connectivity index (χ0) is 18.6. The lowest BCUT2D eigenvalue weighted by Gasteiger charge is -2.28. The summed E-state index contributed by atoms with van der Waals surface area (Å²) in [6.45, 7) is 3.08. The minimum Gasteiger partial charge on any atom is -0.508 e. The Labute approximate surface area is 158 Å². The number of amides is 2. The van der Waals surface area contributed by atoms with Gasteiger partial charge in [-0.25, -0.2) is 9.78 Å². The minimum atomic E-state index is -0.267. The Morgan fingerprint density at radius 1 is 1.22 bits per heavy atom. The predicted molar refractivity (Wildman–Crippen MR) is 103 cm³/mol. The summed E-state index contributed by atoms with van der Waals surface area (Å²) < 4.78 is 5.35. The number of hydrogen-bond acceptors (Lipinski definition) is 5. The number of morpholine rings is 1. The molecule has 142 valence electrons. The molecular formula is C20H24N4O3. The fourth-order valence-electron chi connectivity index (χ4n) is 3.74. The molecule has 2 aromatic rings. The highest BCUT2D eigenvalue weighted by Gasteiger charge is 2.23. The third kappa shape index (κ3) is 3.98. The number of rotatable bonds is 3. The van der Waals surface area contributed by atoms with E-state index >= 15 is 0 Å². The van der Waals surface area contributed by atoms with Crippen LogP contribution in [0.1, 0.15) is 30.0 Å². The Balaban J connectivity index is 1.38. The first kappa shape index (κ1) is 17.6. The molecule has 1 saturated heterocycles. The summed E-state index contributed by atoms with van der Waals surface area (Å²) in [5.74, 6) is 1.20. The summed E-state index contributed by atoms with van der Waals surface area (Å²) in [5.41, 5.74) is 2.58. The van der Waals surface area contributed by atoms with Crippen LogP contribution in [0, 0.1) is 0 Å². The molecule has 2 heterocycles. The molecule has 2 aliphatic rings. The van der Waals surface area contributed by atoms with Crippen LogP contribution in [0.5, 0.6) is 5.75 Å². The maximum atomic E-state index is 12.4. The van der Waals surface area contributed by atoms with Crippen LogP contribution in [0.4, 0.5) is 16.3 Å². The van der Waals surface area contributed by atoms with Gasteiger partial charge >= 0.3 is 6.03 Å². The summed E-state index contributed by atoms with van der Waals surface area (Å²) in [7, 11) is 0. The van der Waals surface area contributed by atoms with Gasteiger partial charge in [0.2, 0.25) is 0 Å². The van der Waals surface area contributed by atoms with Crippen molar-refractivity contribution >= 4 is 17.5 Å². The number of nitrogens with zero attached hydrogens (tertiary/aromatic N) is 2. The standard InChI is InChI=1S/C20H24N4O3/c25-18-6-2-3-15-16(18)4-1-5-17(15)23-20(26)22-14-7-8-19(21-13-14)24-9-11-27-12-10-24/h2-3,6-8,13,17,25H,1,4-5,9-12H2,(H2,22,23,26). The number of phenols is 1. The summed E-state index contributed by atoms with van der Waals surface area (Å²) in [6, 6.07) is 8.90. The highest BCUT2D eigenvalue weighted by Crippen LogP contribution is 2.34. The van der Waals surface area contributed by atoms with Gasteiger partial charge in [-0.2, -0.15) is 0 Å². The fraction of sp³-hybridized carbons (Fsp3) is 0.400. The zero-order valence-corrected chi connectivity index (χ0v) is 15.1. The topological polar surface area (TPSA) is 86.7 Å². The number of nitrogens with one attached hydrogen (secondary N) is 2. The molecule has 1 aliphatic heterocycles. The molecule has 0 saturated carbocycles. The number of aromatic nitrogens is 1. The third-order valence-electron chi connectivity index (χ3n) is 5.13. The Kier molecular flexibility index (Phi) is 5.11. The molecule has 7 nitrogen and oxygen atoms in total. The number of pyridine rings is 1. The van der Waals surface area contributed by atoms with Crippen LogP contribution < -0.4 is 15.5 Å². The SMILES string of the molecule is O=C(Nc1ccc(N2CCOCC2)nc1)NC1CCCc2c(O)cccc21. The average molecular weight is 368 g/mol. The molecule has 2 amide bonds. The molecule has 0 bridgehead atoms. The zero-order valence-electron chi connectivity index (χ0n) is 15.1. The van der Waals surface area contributed by atoms with Crippen molar-refractivity contribution in [1.82, 2.24) is 10.3 Å². The first-order valence-corrected chi connectivity index (χ1v) is 9.38. The molecule has 1 unspecified atom stereocenters. The number of carbonyl (C=O) groups is 1. The van der Waals surface area contributed by atoms with Crippen molar-refractivity contribution in [3.63, 3.8) is 0 Å². The number of aromatic hydroxyl groups is 1. The van der Waals surface area contributed by atoms with Gasteiger partial charge in [0.15, 0.2) is 0 Å². The number of fused-ring (bicyclic) bond motifs is 1.